The highest BCUT2D eigenvalue weighted by molar-refractivity contribution is 7.97. The van der Waals surface area contributed by atoms with Crippen LogP contribution in [0.15, 0.2) is 101 Å². The van der Waals surface area contributed by atoms with Gasteiger partial charge in [-0.05, 0) is 31.2 Å². The summed E-state index contributed by atoms with van der Waals surface area (Å²) in [5, 5.41) is 0.469. The van der Waals surface area contributed by atoms with E-state index in [1.807, 2.05) is 0 Å². The molecular formula is C20H19S+. The summed E-state index contributed by atoms with van der Waals surface area (Å²) in [4.78, 5) is 2.81. The fourth-order valence-electron chi connectivity index (χ4n) is 2.54. The summed E-state index contributed by atoms with van der Waals surface area (Å²) in [7, 11) is 0.0530. The average molecular weight is 291 g/mol. The predicted molar refractivity (Wildman–Crippen MR) is 91.6 cm³/mol. The molecule has 0 radical (unpaired) electrons. The fourth-order valence-corrected chi connectivity index (χ4v) is 4.96. The second-order valence-corrected chi connectivity index (χ2v) is 7.34. The maximum absolute atomic E-state index is 2.33. The highest BCUT2D eigenvalue weighted by Crippen LogP contribution is 2.36. The van der Waals surface area contributed by atoms with Crippen molar-refractivity contribution in [1.82, 2.24) is 0 Å². The third-order valence-corrected chi connectivity index (χ3v) is 6.16. The SMILES string of the molecule is C[C@H](c1ccccc1)[S+](c1ccccc1)c1ccccc1. The lowest BCUT2D eigenvalue weighted by atomic mass is 10.2. The Morgan fingerprint density at radius 3 is 1.38 bits per heavy atom. The van der Waals surface area contributed by atoms with E-state index in [0.717, 1.165) is 0 Å². The molecule has 0 aromatic heterocycles. The molecule has 1 heteroatoms. The molecule has 0 bridgehead atoms. The summed E-state index contributed by atoms with van der Waals surface area (Å²) < 4.78 is 0. The van der Waals surface area contributed by atoms with Gasteiger partial charge in [-0.1, -0.05) is 66.7 Å². The maximum Gasteiger partial charge on any atom is 0.161 e. The van der Waals surface area contributed by atoms with Crippen LogP contribution in [0.3, 0.4) is 0 Å². The molecule has 0 amide bonds. The van der Waals surface area contributed by atoms with Crippen molar-refractivity contribution < 1.29 is 0 Å². The van der Waals surface area contributed by atoms with Crippen LogP contribution in [0.1, 0.15) is 17.7 Å². The van der Waals surface area contributed by atoms with Crippen LogP contribution >= 0.6 is 0 Å². The summed E-state index contributed by atoms with van der Waals surface area (Å²) in [6.45, 7) is 2.33. The van der Waals surface area contributed by atoms with E-state index in [0.29, 0.717) is 5.25 Å². The standard InChI is InChI=1S/C20H19S/c1-17(18-11-5-2-6-12-18)21(19-13-7-3-8-14-19)20-15-9-4-10-16-20/h2-17H,1H3/q+1/t17-/m1/s1. The number of hydrogen-bond acceptors (Lipinski definition) is 0. The van der Waals surface area contributed by atoms with Crippen LogP contribution in [0.4, 0.5) is 0 Å². The summed E-state index contributed by atoms with van der Waals surface area (Å²) in [5.41, 5.74) is 1.40. The van der Waals surface area contributed by atoms with E-state index in [1.54, 1.807) is 0 Å². The molecule has 0 heterocycles. The van der Waals surface area contributed by atoms with E-state index >= 15 is 0 Å². The van der Waals surface area contributed by atoms with Gasteiger partial charge in [0.25, 0.3) is 0 Å². The Labute approximate surface area is 129 Å². The molecule has 0 aliphatic rings. The van der Waals surface area contributed by atoms with Crippen LogP contribution in [0.2, 0.25) is 0 Å². The first-order valence-corrected chi connectivity index (χ1v) is 8.53. The predicted octanol–water partition coefficient (Wildman–Crippen LogP) is 5.48. The van der Waals surface area contributed by atoms with Crippen LogP contribution in [0, 0.1) is 0 Å². The number of hydrogen-bond donors (Lipinski definition) is 0. The number of rotatable bonds is 4. The Morgan fingerprint density at radius 2 is 0.952 bits per heavy atom. The lowest BCUT2D eigenvalue weighted by Gasteiger charge is -2.15. The Bertz CT molecular complexity index is 622. The molecule has 0 N–H and O–H groups in total. The fraction of sp³-hybridized carbons (Fsp3) is 0.100. The van der Waals surface area contributed by atoms with Crippen LogP contribution in [0.25, 0.3) is 0 Å². The molecule has 0 spiro atoms. The van der Waals surface area contributed by atoms with Crippen LogP contribution < -0.4 is 0 Å². The molecule has 0 aliphatic heterocycles. The molecule has 21 heavy (non-hydrogen) atoms. The van der Waals surface area contributed by atoms with Gasteiger partial charge in [0, 0.05) is 5.56 Å². The van der Waals surface area contributed by atoms with Gasteiger partial charge in [0.2, 0.25) is 0 Å². The van der Waals surface area contributed by atoms with Gasteiger partial charge in [-0.25, -0.2) is 0 Å². The van der Waals surface area contributed by atoms with E-state index in [1.165, 1.54) is 15.4 Å². The van der Waals surface area contributed by atoms with E-state index in [4.69, 9.17) is 0 Å². The van der Waals surface area contributed by atoms with Gasteiger partial charge < -0.3 is 0 Å². The molecule has 1 atom stereocenters. The van der Waals surface area contributed by atoms with Gasteiger partial charge >= 0.3 is 0 Å². The monoisotopic (exact) mass is 291 g/mol. The van der Waals surface area contributed by atoms with Gasteiger partial charge in [-0.15, -0.1) is 0 Å². The van der Waals surface area contributed by atoms with E-state index in [9.17, 15) is 0 Å². The Kier molecular flexibility index (Phi) is 4.42. The van der Waals surface area contributed by atoms with Crippen LogP contribution in [0.5, 0.6) is 0 Å². The molecule has 3 aromatic carbocycles. The van der Waals surface area contributed by atoms with E-state index < -0.39 is 0 Å². The Balaban J connectivity index is 2.05. The molecule has 104 valence electrons. The quantitative estimate of drug-likeness (QED) is 0.558. The van der Waals surface area contributed by atoms with Crippen molar-refractivity contribution >= 4 is 10.9 Å². The second kappa shape index (κ2) is 6.64. The minimum Gasteiger partial charge on any atom is -0.0622 e. The van der Waals surface area contributed by atoms with Crippen molar-refractivity contribution in [1.29, 1.82) is 0 Å². The maximum atomic E-state index is 2.33. The topological polar surface area (TPSA) is 0 Å². The number of benzene rings is 3. The van der Waals surface area contributed by atoms with Crippen molar-refractivity contribution in [2.24, 2.45) is 0 Å². The molecule has 0 aliphatic carbocycles. The largest absolute Gasteiger partial charge is 0.161 e. The van der Waals surface area contributed by atoms with Crippen molar-refractivity contribution in [3.05, 3.63) is 96.6 Å². The van der Waals surface area contributed by atoms with Crippen LogP contribution in [-0.2, 0) is 10.9 Å². The Morgan fingerprint density at radius 1 is 0.571 bits per heavy atom. The molecule has 0 saturated heterocycles. The minimum atomic E-state index is 0.0530. The summed E-state index contributed by atoms with van der Waals surface area (Å²) in [6.07, 6.45) is 0. The minimum absolute atomic E-state index is 0.0530. The van der Waals surface area contributed by atoms with Gasteiger partial charge in [0.15, 0.2) is 15.0 Å². The smallest absolute Gasteiger partial charge is 0.0622 e. The molecule has 3 aromatic rings. The average Bonchev–Trinajstić information content (AvgIpc) is 2.58. The van der Waals surface area contributed by atoms with Gasteiger partial charge in [-0.3, -0.25) is 0 Å². The van der Waals surface area contributed by atoms with Gasteiger partial charge in [0.05, 0.1) is 10.9 Å². The molecule has 0 unspecified atom stereocenters. The van der Waals surface area contributed by atoms with Gasteiger partial charge in [-0.2, -0.15) is 0 Å². The first-order chi connectivity index (χ1) is 10.4. The first-order valence-electron chi connectivity index (χ1n) is 7.24. The highest BCUT2D eigenvalue weighted by Gasteiger charge is 2.32. The summed E-state index contributed by atoms with van der Waals surface area (Å²) >= 11 is 0. The lowest BCUT2D eigenvalue weighted by molar-refractivity contribution is 1.07. The molecular weight excluding hydrogens is 272 g/mol. The summed E-state index contributed by atoms with van der Waals surface area (Å²) in [6, 6.07) is 32.5. The Hall–Kier alpha value is -1.99. The molecule has 3 rings (SSSR count). The molecule has 0 fully saturated rings. The zero-order chi connectivity index (χ0) is 14.5. The van der Waals surface area contributed by atoms with E-state index in [-0.39, 0.29) is 10.9 Å². The first kappa shape index (κ1) is 14.0. The molecule has 0 nitrogen and oxygen atoms in total. The highest BCUT2D eigenvalue weighted by atomic mass is 32.2. The normalized spacial score (nSPS) is 12.3. The van der Waals surface area contributed by atoms with Crippen molar-refractivity contribution in [3.63, 3.8) is 0 Å². The lowest BCUT2D eigenvalue weighted by Crippen LogP contribution is -2.12. The zero-order valence-electron chi connectivity index (χ0n) is 12.1. The third kappa shape index (κ3) is 3.20. The van der Waals surface area contributed by atoms with Crippen molar-refractivity contribution in [2.45, 2.75) is 22.0 Å². The zero-order valence-corrected chi connectivity index (χ0v) is 13.0. The van der Waals surface area contributed by atoms with Gasteiger partial charge in [0.1, 0.15) is 0 Å². The van der Waals surface area contributed by atoms with E-state index in [2.05, 4.69) is 97.9 Å². The second-order valence-electron chi connectivity index (χ2n) is 5.02. The third-order valence-electron chi connectivity index (χ3n) is 3.62. The van der Waals surface area contributed by atoms with Crippen LogP contribution in [-0.4, -0.2) is 0 Å². The van der Waals surface area contributed by atoms with Crippen molar-refractivity contribution in [2.75, 3.05) is 0 Å². The van der Waals surface area contributed by atoms with Crippen molar-refractivity contribution in [3.8, 4) is 0 Å². The summed E-state index contributed by atoms with van der Waals surface area (Å²) in [5.74, 6) is 0. The molecule has 0 saturated carbocycles.